The van der Waals surface area contributed by atoms with Gasteiger partial charge >= 0.3 is 5.97 Å². The van der Waals surface area contributed by atoms with Gasteiger partial charge in [-0.2, -0.15) is 5.26 Å². The molecule has 2 N–H and O–H groups in total. The van der Waals surface area contributed by atoms with Crippen LogP contribution in [0.15, 0.2) is 78.4 Å². The number of allylic oxidation sites excluding steroid dienone is 1. The van der Waals surface area contributed by atoms with Crippen LogP contribution in [0.25, 0.3) is 0 Å². The molecule has 0 spiro atoms. The number of nitriles is 1. The number of carbonyl (C=O) groups excluding carboxylic acids is 1. The van der Waals surface area contributed by atoms with Crippen LogP contribution in [0.2, 0.25) is 0 Å². The summed E-state index contributed by atoms with van der Waals surface area (Å²) in [5.74, 6) is -0.0385. The van der Waals surface area contributed by atoms with E-state index in [0.717, 1.165) is 16.7 Å². The Bertz CT molecular complexity index is 1160. The summed E-state index contributed by atoms with van der Waals surface area (Å²) in [6.45, 7) is 1.91. The molecule has 2 heterocycles. The molecule has 1 aliphatic heterocycles. The first kappa shape index (κ1) is 18.3. The summed E-state index contributed by atoms with van der Waals surface area (Å²) in [7, 11) is 0. The van der Waals surface area contributed by atoms with Gasteiger partial charge in [0, 0.05) is 24.0 Å². The molecule has 1 unspecified atom stereocenters. The number of pyridine rings is 1. The number of aromatic nitrogens is 1. The molecule has 3 aromatic rings. The van der Waals surface area contributed by atoms with Crippen molar-refractivity contribution in [3.63, 3.8) is 0 Å². The van der Waals surface area contributed by atoms with E-state index >= 15 is 0 Å². The molecule has 0 fully saturated rings. The molecule has 29 heavy (non-hydrogen) atoms. The predicted molar refractivity (Wildman–Crippen MR) is 106 cm³/mol. The van der Waals surface area contributed by atoms with Crippen LogP contribution in [-0.2, 0) is 0 Å². The number of nitrogens with zero attached hydrogens (tertiary/aromatic N) is 2. The number of nitrogens with two attached hydrogens (primary N) is 1. The lowest BCUT2D eigenvalue weighted by atomic mass is 9.84. The van der Waals surface area contributed by atoms with Crippen LogP contribution in [-0.4, -0.2) is 11.0 Å². The standard InChI is InChI=1S/C23H17N3O3/c1-14-3-2-4-16(11-14)23(27)28-17-5-6-18-20(12-17)29-22(25)19(13-24)21(18)15-7-9-26-10-8-15/h2-12,21H,25H2,1H3. The predicted octanol–water partition coefficient (Wildman–Crippen LogP) is 3.83. The van der Waals surface area contributed by atoms with E-state index in [4.69, 9.17) is 15.2 Å². The van der Waals surface area contributed by atoms with Crippen LogP contribution >= 0.6 is 0 Å². The van der Waals surface area contributed by atoms with Gasteiger partial charge in [-0.25, -0.2) is 4.79 Å². The van der Waals surface area contributed by atoms with Crippen molar-refractivity contribution in [1.82, 2.24) is 4.98 Å². The minimum Gasteiger partial charge on any atom is -0.440 e. The maximum absolute atomic E-state index is 12.4. The second-order valence-electron chi connectivity index (χ2n) is 6.66. The SMILES string of the molecule is Cc1cccc(C(=O)Oc2ccc3c(c2)OC(N)=C(C#N)C3c2ccncc2)c1. The zero-order chi connectivity index (χ0) is 20.4. The normalized spacial score (nSPS) is 15.1. The molecule has 4 rings (SSSR count). The Morgan fingerprint density at radius 2 is 1.97 bits per heavy atom. The number of esters is 1. The average Bonchev–Trinajstić information content (AvgIpc) is 2.73. The first-order chi connectivity index (χ1) is 14.1. The molecule has 1 atom stereocenters. The van der Waals surface area contributed by atoms with Crippen LogP contribution in [0.4, 0.5) is 0 Å². The first-order valence-electron chi connectivity index (χ1n) is 8.97. The zero-order valence-electron chi connectivity index (χ0n) is 15.6. The third-order valence-electron chi connectivity index (χ3n) is 4.69. The number of fused-ring (bicyclic) bond motifs is 1. The highest BCUT2D eigenvalue weighted by atomic mass is 16.5. The molecule has 142 valence electrons. The van der Waals surface area contributed by atoms with E-state index in [2.05, 4.69) is 11.1 Å². The summed E-state index contributed by atoms with van der Waals surface area (Å²) < 4.78 is 11.2. The summed E-state index contributed by atoms with van der Waals surface area (Å²) in [5, 5.41) is 9.59. The summed E-state index contributed by atoms with van der Waals surface area (Å²) >= 11 is 0. The minimum atomic E-state index is -0.462. The molecule has 1 aliphatic rings. The molecule has 0 saturated carbocycles. The van der Waals surface area contributed by atoms with E-state index in [9.17, 15) is 10.1 Å². The fraction of sp³-hybridized carbons (Fsp3) is 0.0870. The van der Waals surface area contributed by atoms with Gasteiger partial charge in [-0.1, -0.05) is 23.8 Å². The van der Waals surface area contributed by atoms with Crippen LogP contribution in [0.3, 0.4) is 0 Å². The quantitative estimate of drug-likeness (QED) is 0.545. The number of carbonyl (C=O) groups is 1. The number of hydrogen-bond donors (Lipinski definition) is 1. The first-order valence-corrected chi connectivity index (χ1v) is 8.97. The molecule has 6 nitrogen and oxygen atoms in total. The third kappa shape index (κ3) is 3.54. The molecule has 6 heteroatoms. The van der Waals surface area contributed by atoms with Gasteiger partial charge in [0.15, 0.2) is 0 Å². The van der Waals surface area contributed by atoms with Gasteiger partial charge in [-0.3, -0.25) is 4.98 Å². The van der Waals surface area contributed by atoms with Crippen LogP contribution in [0, 0.1) is 18.3 Å². The van der Waals surface area contributed by atoms with Crippen molar-refractivity contribution in [2.45, 2.75) is 12.8 Å². The summed E-state index contributed by atoms with van der Waals surface area (Å²) in [5.41, 5.74) is 9.39. The second kappa shape index (κ2) is 7.49. The van der Waals surface area contributed by atoms with Crippen molar-refractivity contribution >= 4 is 5.97 Å². The molecule has 2 aromatic carbocycles. The molecule has 1 aromatic heterocycles. The highest BCUT2D eigenvalue weighted by Gasteiger charge is 2.31. The number of aryl methyl sites for hydroxylation is 1. The maximum Gasteiger partial charge on any atom is 0.343 e. The van der Waals surface area contributed by atoms with Crippen molar-refractivity contribution in [3.05, 3.63) is 101 Å². The number of rotatable bonds is 3. The Kier molecular flexibility index (Phi) is 4.71. The minimum absolute atomic E-state index is 0.0315. The lowest BCUT2D eigenvalue weighted by Gasteiger charge is -2.26. The van der Waals surface area contributed by atoms with E-state index < -0.39 is 5.97 Å². The fourth-order valence-corrected chi connectivity index (χ4v) is 3.34. The average molecular weight is 383 g/mol. The molecule has 0 saturated heterocycles. The second-order valence-corrected chi connectivity index (χ2v) is 6.66. The largest absolute Gasteiger partial charge is 0.440 e. The zero-order valence-corrected chi connectivity index (χ0v) is 15.6. The van der Waals surface area contributed by atoms with E-state index in [1.54, 1.807) is 48.8 Å². The number of ether oxygens (including phenoxy) is 2. The number of benzene rings is 2. The Balaban J connectivity index is 1.69. The smallest absolute Gasteiger partial charge is 0.343 e. The Labute approximate surface area is 167 Å². The van der Waals surface area contributed by atoms with Gasteiger partial charge in [-0.05, 0) is 42.8 Å². The highest BCUT2D eigenvalue weighted by molar-refractivity contribution is 5.91. The van der Waals surface area contributed by atoms with Crippen molar-refractivity contribution in [2.24, 2.45) is 5.73 Å². The summed E-state index contributed by atoms with van der Waals surface area (Å²) in [4.78, 5) is 16.5. The third-order valence-corrected chi connectivity index (χ3v) is 4.69. The van der Waals surface area contributed by atoms with Gasteiger partial charge in [-0.15, -0.1) is 0 Å². The lowest BCUT2D eigenvalue weighted by molar-refractivity contribution is 0.0734. The van der Waals surface area contributed by atoms with Gasteiger partial charge in [0.1, 0.15) is 23.1 Å². The molecular formula is C23H17N3O3. The fourth-order valence-electron chi connectivity index (χ4n) is 3.34. The topological polar surface area (TPSA) is 98.2 Å². The van der Waals surface area contributed by atoms with Crippen molar-refractivity contribution in [1.29, 1.82) is 5.26 Å². The summed E-state index contributed by atoms with van der Waals surface area (Å²) in [6, 6.07) is 18.0. The van der Waals surface area contributed by atoms with Crippen molar-refractivity contribution in [3.8, 4) is 17.6 Å². The molecule has 0 radical (unpaired) electrons. The molecular weight excluding hydrogens is 366 g/mol. The van der Waals surface area contributed by atoms with Gasteiger partial charge < -0.3 is 15.2 Å². The Morgan fingerprint density at radius 1 is 1.17 bits per heavy atom. The molecule has 0 bridgehead atoms. The van der Waals surface area contributed by atoms with Crippen molar-refractivity contribution < 1.29 is 14.3 Å². The Morgan fingerprint density at radius 3 is 2.69 bits per heavy atom. The van der Waals surface area contributed by atoms with Crippen LogP contribution in [0.1, 0.15) is 33.0 Å². The monoisotopic (exact) mass is 383 g/mol. The Hall–Kier alpha value is -4.11. The number of hydrogen-bond acceptors (Lipinski definition) is 6. The van der Waals surface area contributed by atoms with Gasteiger partial charge in [0.2, 0.25) is 5.88 Å². The maximum atomic E-state index is 12.4. The van der Waals surface area contributed by atoms with E-state index in [0.29, 0.717) is 22.6 Å². The highest BCUT2D eigenvalue weighted by Crippen LogP contribution is 2.43. The van der Waals surface area contributed by atoms with Crippen LogP contribution < -0.4 is 15.2 Å². The van der Waals surface area contributed by atoms with Crippen molar-refractivity contribution in [2.75, 3.05) is 0 Å². The van der Waals surface area contributed by atoms with Gasteiger partial charge in [0.05, 0.1) is 11.5 Å². The van der Waals surface area contributed by atoms with Gasteiger partial charge in [0.25, 0.3) is 0 Å². The van der Waals surface area contributed by atoms with E-state index in [1.165, 1.54) is 0 Å². The molecule has 0 aliphatic carbocycles. The molecule has 0 amide bonds. The van der Waals surface area contributed by atoms with E-state index in [1.807, 2.05) is 25.1 Å². The van der Waals surface area contributed by atoms with E-state index in [-0.39, 0.29) is 11.8 Å². The van der Waals surface area contributed by atoms with Crippen LogP contribution in [0.5, 0.6) is 11.5 Å². The summed E-state index contributed by atoms with van der Waals surface area (Å²) in [6.07, 6.45) is 3.32. The lowest BCUT2D eigenvalue weighted by Crippen LogP contribution is -2.21.